The van der Waals surface area contributed by atoms with Crippen LogP contribution in [-0.2, 0) is 16.1 Å². The van der Waals surface area contributed by atoms with Crippen LogP contribution in [0.1, 0.15) is 41.3 Å². The van der Waals surface area contributed by atoms with E-state index < -0.39 is 0 Å². The first kappa shape index (κ1) is 21.6. The van der Waals surface area contributed by atoms with Gasteiger partial charge < -0.3 is 24.8 Å². The predicted octanol–water partition coefficient (Wildman–Crippen LogP) is 3.28. The van der Waals surface area contributed by atoms with E-state index in [4.69, 9.17) is 9.47 Å². The Bertz CT molecular complexity index is 849. The molecule has 0 bridgehead atoms. The molecule has 2 N–H and O–H groups in total. The topological polar surface area (TPSA) is 88.1 Å². The maximum atomic E-state index is 12.4. The smallest absolute Gasteiger partial charge is 0.410 e. The fourth-order valence-electron chi connectivity index (χ4n) is 3.17. The van der Waals surface area contributed by atoms with Crippen molar-refractivity contribution < 1.29 is 24.2 Å². The van der Waals surface area contributed by atoms with Crippen LogP contribution in [0.25, 0.3) is 0 Å². The maximum Gasteiger partial charge on any atom is 0.410 e. The third kappa shape index (κ3) is 5.97. The van der Waals surface area contributed by atoms with Crippen molar-refractivity contribution in [1.29, 1.82) is 0 Å². The fourth-order valence-corrected chi connectivity index (χ4v) is 3.17. The molecular formula is C23H28N2O5. The van der Waals surface area contributed by atoms with E-state index in [1.165, 1.54) is 17.7 Å². The van der Waals surface area contributed by atoms with Crippen LogP contribution in [0.5, 0.6) is 5.75 Å². The van der Waals surface area contributed by atoms with Crippen molar-refractivity contribution in [2.45, 2.75) is 32.5 Å². The van der Waals surface area contributed by atoms with Crippen molar-refractivity contribution in [3.05, 3.63) is 65.2 Å². The molecule has 2 amide bonds. The molecule has 0 saturated carbocycles. The van der Waals surface area contributed by atoms with Crippen LogP contribution in [0.15, 0.2) is 48.5 Å². The van der Waals surface area contributed by atoms with Crippen LogP contribution in [0.3, 0.4) is 0 Å². The lowest BCUT2D eigenvalue weighted by molar-refractivity contribution is -0.0263. The van der Waals surface area contributed by atoms with Gasteiger partial charge in [0, 0.05) is 18.7 Å². The van der Waals surface area contributed by atoms with Gasteiger partial charge in [-0.3, -0.25) is 4.79 Å². The van der Waals surface area contributed by atoms with Gasteiger partial charge in [0.2, 0.25) is 0 Å². The monoisotopic (exact) mass is 412 g/mol. The van der Waals surface area contributed by atoms with Gasteiger partial charge in [0.25, 0.3) is 5.91 Å². The van der Waals surface area contributed by atoms with Gasteiger partial charge in [-0.05, 0) is 41.3 Å². The first-order chi connectivity index (χ1) is 14.4. The van der Waals surface area contributed by atoms with Crippen molar-refractivity contribution in [2.24, 2.45) is 0 Å². The normalized spacial score (nSPS) is 16.4. The molecule has 3 rings (SSSR count). The molecule has 1 saturated heterocycles. The van der Waals surface area contributed by atoms with Crippen LogP contribution in [-0.4, -0.2) is 54.4 Å². The average molecular weight is 412 g/mol. The zero-order valence-corrected chi connectivity index (χ0v) is 17.3. The molecule has 7 nitrogen and oxygen atoms in total. The van der Waals surface area contributed by atoms with Crippen LogP contribution < -0.4 is 5.32 Å². The number of amides is 2. The van der Waals surface area contributed by atoms with E-state index in [0.717, 1.165) is 5.56 Å². The molecule has 1 aliphatic rings. The third-order valence-electron chi connectivity index (χ3n) is 5.03. The van der Waals surface area contributed by atoms with Gasteiger partial charge in [0.15, 0.2) is 0 Å². The Morgan fingerprint density at radius 1 is 1.17 bits per heavy atom. The van der Waals surface area contributed by atoms with Crippen molar-refractivity contribution in [3.8, 4) is 5.75 Å². The highest BCUT2D eigenvalue weighted by Crippen LogP contribution is 2.16. The second kappa shape index (κ2) is 10.1. The van der Waals surface area contributed by atoms with Crippen molar-refractivity contribution in [2.75, 3.05) is 26.2 Å². The summed E-state index contributed by atoms with van der Waals surface area (Å²) in [5.41, 5.74) is 2.64. The number of rotatable bonds is 6. The van der Waals surface area contributed by atoms with Crippen LogP contribution in [0.2, 0.25) is 0 Å². The van der Waals surface area contributed by atoms with Gasteiger partial charge in [-0.1, -0.05) is 38.1 Å². The van der Waals surface area contributed by atoms with Crippen molar-refractivity contribution >= 4 is 12.0 Å². The zero-order chi connectivity index (χ0) is 21.5. The highest BCUT2D eigenvalue weighted by Gasteiger charge is 2.25. The second-order valence-corrected chi connectivity index (χ2v) is 7.65. The Morgan fingerprint density at radius 3 is 2.53 bits per heavy atom. The van der Waals surface area contributed by atoms with Crippen molar-refractivity contribution in [3.63, 3.8) is 0 Å². The quantitative estimate of drug-likeness (QED) is 0.760. The molecule has 160 valence electrons. The first-order valence-corrected chi connectivity index (χ1v) is 10.1. The minimum Gasteiger partial charge on any atom is -0.508 e. The summed E-state index contributed by atoms with van der Waals surface area (Å²) in [5.74, 6) is 0.303. The standard InChI is InChI=1S/C23H28N2O5/c1-16(2)18-5-3-17(4-6-18)15-30-23(28)25-11-12-29-21(14-25)13-24-22(27)19-7-9-20(26)10-8-19/h3-10,16,21,26H,11-15H2,1-2H3,(H,24,27). The first-order valence-electron chi connectivity index (χ1n) is 10.1. The fraction of sp³-hybridized carbons (Fsp3) is 0.391. The summed E-state index contributed by atoms with van der Waals surface area (Å²) in [6, 6.07) is 14.1. The molecule has 1 fully saturated rings. The lowest BCUT2D eigenvalue weighted by atomic mass is 10.0. The largest absolute Gasteiger partial charge is 0.508 e. The highest BCUT2D eigenvalue weighted by atomic mass is 16.6. The third-order valence-corrected chi connectivity index (χ3v) is 5.03. The molecule has 0 aliphatic carbocycles. The van der Waals surface area contributed by atoms with E-state index in [9.17, 15) is 14.7 Å². The Labute approximate surface area is 176 Å². The summed E-state index contributed by atoms with van der Waals surface area (Å²) < 4.78 is 11.1. The number of hydrogen-bond acceptors (Lipinski definition) is 5. The molecule has 1 unspecified atom stereocenters. The van der Waals surface area contributed by atoms with E-state index in [0.29, 0.717) is 31.2 Å². The molecule has 2 aromatic rings. The maximum absolute atomic E-state index is 12.4. The number of hydrogen-bond donors (Lipinski definition) is 2. The van der Waals surface area contributed by atoms with E-state index >= 15 is 0 Å². The van der Waals surface area contributed by atoms with E-state index in [-0.39, 0.29) is 37.0 Å². The molecule has 1 atom stereocenters. The lowest BCUT2D eigenvalue weighted by Crippen LogP contribution is -2.49. The molecule has 1 aliphatic heterocycles. The number of nitrogens with one attached hydrogen (secondary N) is 1. The SMILES string of the molecule is CC(C)c1ccc(COC(=O)N2CCOC(CNC(=O)c3ccc(O)cc3)C2)cc1. The van der Waals surface area contributed by atoms with Gasteiger partial charge in [0.05, 0.1) is 19.3 Å². The summed E-state index contributed by atoms with van der Waals surface area (Å²) >= 11 is 0. The number of ether oxygens (including phenoxy) is 2. The Kier molecular flexibility index (Phi) is 7.30. The molecule has 1 heterocycles. The summed E-state index contributed by atoms with van der Waals surface area (Å²) in [7, 11) is 0. The number of morpholine rings is 1. The Morgan fingerprint density at radius 2 is 1.87 bits per heavy atom. The average Bonchev–Trinajstić information content (AvgIpc) is 2.76. The van der Waals surface area contributed by atoms with Gasteiger partial charge in [-0.2, -0.15) is 0 Å². The summed E-state index contributed by atoms with van der Waals surface area (Å²) in [4.78, 5) is 26.2. The molecule has 7 heteroatoms. The van der Waals surface area contributed by atoms with Crippen LogP contribution in [0.4, 0.5) is 4.79 Å². The molecule has 0 spiro atoms. The number of nitrogens with zero attached hydrogens (tertiary/aromatic N) is 1. The van der Waals surface area contributed by atoms with Crippen LogP contribution >= 0.6 is 0 Å². The summed E-state index contributed by atoms with van der Waals surface area (Å²) in [6.07, 6.45) is -0.696. The van der Waals surface area contributed by atoms with Crippen LogP contribution in [0, 0.1) is 0 Å². The number of benzene rings is 2. The van der Waals surface area contributed by atoms with E-state index in [1.54, 1.807) is 17.0 Å². The van der Waals surface area contributed by atoms with Gasteiger partial charge in [0.1, 0.15) is 12.4 Å². The van der Waals surface area contributed by atoms with Gasteiger partial charge >= 0.3 is 6.09 Å². The van der Waals surface area contributed by atoms with Crippen molar-refractivity contribution in [1.82, 2.24) is 10.2 Å². The molecule has 2 aromatic carbocycles. The minimum atomic E-state index is -0.388. The summed E-state index contributed by atoms with van der Waals surface area (Å²) in [5, 5.41) is 12.1. The van der Waals surface area contributed by atoms with Gasteiger partial charge in [-0.15, -0.1) is 0 Å². The lowest BCUT2D eigenvalue weighted by Gasteiger charge is -2.32. The zero-order valence-electron chi connectivity index (χ0n) is 17.3. The Hall–Kier alpha value is -3.06. The molecule has 0 aromatic heterocycles. The highest BCUT2D eigenvalue weighted by molar-refractivity contribution is 5.94. The van der Waals surface area contributed by atoms with E-state index in [1.807, 2.05) is 12.1 Å². The number of phenolic OH excluding ortho intramolecular Hbond substituents is 1. The van der Waals surface area contributed by atoms with Gasteiger partial charge in [-0.25, -0.2) is 4.79 Å². The summed E-state index contributed by atoms with van der Waals surface area (Å²) in [6.45, 7) is 5.96. The minimum absolute atomic E-state index is 0.104. The number of phenols is 1. The second-order valence-electron chi connectivity index (χ2n) is 7.65. The predicted molar refractivity (Wildman–Crippen MR) is 112 cm³/mol. The molecule has 30 heavy (non-hydrogen) atoms. The molecular weight excluding hydrogens is 384 g/mol. The Balaban J connectivity index is 1.44. The number of carbonyl (C=O) groups is 2. The number of carbonyl (C=O) groups excluding carboxylic acids is 2. The van der Waals surface area contributed by atoms with E-state index in [2.05, 4.69) is 31.3 Å². The molecule has 0 radical (unpaired) electrons. The number of aromatic hydroxyl groups is 1.